The maximum absolute atomic E-state index is 13.7. The molecule has 1 aliphatic rings. The Hall–Kier alpha value is -2.53. The molecule has 1 saturated heterocycles. The number of pyridine rings is 1. The molecule has 8 heteroatoms. The van der Waals surface area contributed by atoms with Crippen molar-refractivity contribution in [1.29, 1.82) is 5.26 Å². The number of anilines is 1. The highest BCUT2D eigenvalue weighted by Gasteiger charge is 2.29. The predicted molar refractivity (Wildman–Crippen MR) is 75.4 cm³/mol. The third kappa shape index (κ3) is 3.04. The Balaban J connectivity index is 1.56. The van der Waals surface area contributed by atoms with E-state index < -0.39 is 5.82 Å². The highest BCUT2D eigenvalue weighted by atomic mass is 19.1. The standard InChI is InChI=1S/C14H15FN6O/c1-8-19-14(21-20-8)12-3-2-10(22-12)7-18-13-11(15)4-9(5-16)6-17-13/h4,6,10,12H,2-3,7H2,1H3,(H,17,18)(H,19,20,21)/t10-,12+/m1/s1. The van der Waals surface area contributed by atoms with Gasteiger partial charge in [0.1, 0.15) is 18.0 Å². The summed E-state index contributed by atoms with van der Waals surface area (Å²) in [5, 5.41) is 18.5. The summed E-state index contributed by atoms with van der Waals surface area (Å²) in [7, 11) is 0. The molecule has 2 aromatic rings. The molecule has 3 heterocycles. The van der Waals surface area contributed by atoms with E-state index in [1.807, 2.05) is 13.0 Å². The third-order valence-electron chi connectivity index (χ3n) is 3.48. The van der Waals surface area contributed by atoms with Gasteiger partial charge in [-0.15, -0.1) is 0 Å². The van der Waals surface area contributed by atoms with E-state index in [2.05, 4.69) is 25.5 Å². The van der Waals surface area contributed by atoms with Crippen LogP contribution in [-0.2, 0) is 4.74 Å². The molecule has 0 saturated carbocycles. The van der Waals surface area contributed by atoms with Crippen LogP contribution in [0.15, 0.2) is 12.3 Å². The van der Waals surface area contributed by atoms with Gasteiger partial charge >= 0.3 is 0 Å². The summed E-state index contributed by atoms with van der Waals surface area (Å²) in [6, 6.07) is 3.00. The Labute approximate surface area is 126 Å². The van der Waals surface area contributed by atoms with E-state index in [4.69, 9.17) is 10.00 Å². The summed E-state index contributed by atoms with van der Waals surface area (Å²) in [6.07, 6.45) is 2.81. The van der Waals surface area contributed by atoms with Crippen LogP contribution in [0.4, 0.5) is 10.2 Å². The summed E-state index contributed by atoms with van der Waals surface area (Å²) in [6.45, 7) is 2.28. The van der Waals surface area contributed by atoms with Gasteiger partial charge in [-0.3, -0.25) is 5.10 Å². The SMILES string of the molecule is Cc1nc([C@@H]2CC[C@H](CNc3ncc(C#N)cc3F)O2)n[nH]1. The van der Waals surface area contributed by atoms with E-state index in [1.165, 1.54) is 6.20 Å². The Bertz CT molecular complexity index is 710. The van der Waals surface area contributed by atoms with Crippen LogP contribution in [0.5, 0.6) is 0 Å². The van der Waals surface area contributed by atoms with Crippen LogP contribution in [-0.4, -0.2) is 32.8 Å². The Kier molecular flexibility index (Phi) is 3.98. The van der Waals surface area contributed by atoms with Gasteiger partial charge in [0.25, 0.3) is 0 Å². The lowest BCUT2D eigenvalue weighted by Crippen LogP contribution is -2.20. The zero-order chi connectivity index (χ0) is 15.5. The molecule has 0 unspecified atom stereocenters. The van der Waals surface area contributed by atoms with Crippen molar-refractivity contribution < 1.29 is 9.13 Å². The Morgan fingerprint density at radius 1 is 1.55 bits per heavy atom. The normalized spacial score (nSPS) is 20.8. The predicted octanol–water partition coefficient (Wildman–Crippen LogP) is 1.85. The monoisotopic (exact) mass is 302 g/mol. The minimum atomic E-state index is -0.543. The van der Waals surface area contributed by atoms with Crippen LogP contribution in [0.2, 0.25) is 0 Å². The molecule has 0 aromatic carbocycles. The minimum absolute atomic E-state index is 0.0550. The molecule has 22 heavy (non-hydrogen) atoms. The number of aromatic nitrogens is 4. The molecule has 0 aliphatic carbocycles. The Morgan fingerprint density at radius 2 is 2.41 bits per heavy atom. The van der Waals surface area contributed by atoms with E-state index >= 15 is 0 Å². The molecule has 114 valence electrons. The molecule has 0 radical (unpaired) electrons. The first kappa shape index (κ1) is 14.4. The van der Waals surface area contributed by atoms with E-state index in [0.717, 1.165) is 24.7 Å². The van der Waals surface area contributed by atoms with Gasteiger partial charge in [0.2, 0.25) is 0 Å². The lowest BCUT2D eigenvalue weighted by Gasteiger charge is -2.13. The number of H-pyrrole nitrogens is 1. The lowest BCUT2D eigenvalue weighted by molar-refractivity contribution is 0.0471. The summed E-state index contributed by atoms with van der Waals surface area (Å²) < 4.78 is 19.6. The first-order valence-corrected chi connectivity index (χ1v) is 6.99. The van der Waals surface area contributed by atoms with Crippen molar-refractivity contribution in [3.05, 3.63) is 35.3 Å². The second-order valence-electron chi connectivity index (χ2n) is 5.15. The average molecular weight is 302 g/mol. The number of nitrogens with zero attached hydrogens (tertiary/aromatic N) is 4. The van der Waals surface area contributed by atoms with Gasteiger partial charge in [-0.25, -0.2) is 14.4 Å². The minimum Gasteiger partial charge on any atom is -0.365 e. The van der Waals surface area contributed by atoms with Crippen molar-refractivity contribution in [2.75, 3.05) is 11.9 Å². The molecule has 1 fully saturated rings. The van der Waals surface area contributed by atoms with Crippen molar-refractivity contribution in [1.82, 2.24) is 20.2 Å². The van der Waals surface area contributed by atoms with Crippen LogP contribution in [0, 0.1) is 24.1 Å². The van der Waals surface area contributed by atoms with Gasteiger partial charge in [-0.05, 0) is 25.8 Å². The van der Waals surface area contributed by atoms with Crippen molar-refractivity contribution in [2.45, 2.75) is 32.0 Å². The maximum atomic E-state index is 13.7. The van der Waals surface area contributed by atoms with Gasteiger partial charge in [0.05, 0.1) is 11.7 Å². The van der Waals surface area contributed by atoms with Crippen molar-refractivity contribution in [2.24, 2.45) is 0 Å². The first-order chi connectivity index (χ1) is 10.7. The quantitative estimate of drug-likeness (QED) is 0.894. The molecule has 2 aromatic heterocycles. The molecule has 1 aliphatic heterocycles. The summed E-state index contributed by atoms with van der Waals surface area (Å²) in [5.74, 6) is 0.990. The molecule has 3 rings (SSSR count). The van der Waals surface area contributed by atoms with E-state index in [1.54, 1.807) is 0 Å². The van der Waals surface area contributed by atoms with Gasteiger partial charge < -0.3 is 10.1 Å². The third-order valence-corrected chi connectivity index (χ3v) is 3.48. The summed E-state index contributed by atoms with van der Waals surface area (Å²) in [5.41, 5.74) is 0.195. The zero-order valence-electron chi connectivity index (χ0n) is 12.0. The van der Waals surface area contributed by atoms with Gasteiger partial charge in [0, 0.05) is 12.7 Å². The molecule has 0 spiro atoms. The molecule has 7 nitrogen and oxygen atoms in total. The van der Waals surface area contributed by atoms with Gasteiger partial charge in [-0.1, -0.05) is 0 Å². The number of aryl methyl sites for hydroxylation is 1. The fourth-order valence-corrected chi connectivity index (χ4v) is 2.39. The Morgan fingerprint density at radius 3 is 3.09 bits per heavy atom. The van der Waals surface area contributed by atoms with Crippen LogP contribution in [0.3, 0.4) is 0 Å². The summed E-state index contributed by atoms with van der Waals surface area (Å²) in [4.78, 5) is 8.16. The fourth-order valence-electron chi connectivity index (χ4n) is 2.39. The highest BCUT2D eigenvalue weighted by molar-refractivity contribution is 5.40. The van der Waals surface area contributed by atoms with Crippen molar-refractivity contribution in [3.63, 3.8) is 0 Å². The smallest absolute Gasteiger partial charge is 0.179 e. The number of rotatable bonds is 4. The number of nitriles is 1. The first-order valence-electron chi connectivity index (χ1n) is 6.99. The van der Waals surface area contributed by atoms with Crippen LogP contribution < -0.4 is 5.32 Å². The highest BCUT2D eigenvalue weighted by Crippen LogP contribution is 2.30. The topological polar surface area (TPSA) is 99.5 Å². The molecular formula is C14H15FN6O. The lowest BCUT2D eigenvalue weighted by atomic mass is 10.2. The van der Waals surface area contributed by atoms with Crippen LogP contribution in [0.1, 0.15) is 36.2 Å². The van der Waals surface area contributed by atoms with Gasteiger partial charge in [0.15, 0.2) is 17.5 Å². The second kappa shape index (κ2) is 6.07. The van der Waals surface area contributed by atoms with Gasteiger partial charge in [-0.2, -0.15) is 10.4 Å². The number of halogens is 1. The number of aromatic amines is 1. The largest absolute Gasteiger partial charge is 0.365 e. The van der Waals surface area contributed by atoms with E-state index in [0.29, 0.717) is 12.4 Å². The molecular weight excluding hydrogens is 287 g/mol. The number of hydrogen-bond donors (Lipinski definition) is 2. The van der Waals surface area contributed by atoms with Crippen molar-refractivity contribution in [3.8, 4) is 6.07 Å². The molecule has 2 atom stereocenters. The van der Waals surface area contributed by atoms with E-state index in [-0.39, 0.29) is 23.6 Å². The molecule has 0 amide bonds. The van der Waals surface area contributed by atoms with E-state index in [9.17, 15) is 4.39 Å². The van der Waals surface area contributed by atoms with Crippen LogP contribution in [0.25, 0.3) is 0 Å². The zero-order valence-corrected chi connectivity index (χ0v) is 12.0. The maximum Gasteiger partial charge on any atom is 0.179 e. The number of hydrogen-bond acceptors (Lipinski definition) is 6. The summed E-state index contributed by atoms with van der Waals surface area (Å²) >= 11 is 0. The van der Waals surface area contributed by atoms with Crippen LogP contribution >= 0.6 is 0 Å². The molecule has 0 bridgehead atoms. The number of nitrogens with one attached hydrogen (secondary N) is 2. The number of ether oxygens (including phenoxy) is 1. The molecule has 2 N–H and O–H groups in total. The second-order valence-corrected chi connectivity index (χ2v) is 5.15. The fraction of sp³-hybridized carbons (Fsp3) is 0.429. The average Bonchev–Trinajstić information content (AvgIpc) is 3.14. The van der Waals surface area contributed by atoms with Crippen molar-refractivity contribution >= 4 is 5.82 Å².